The Hall–Kier alpha value is -1.12. The van der Waals surface area contributed by atoms with Gasteiger partial charge in [0, 0.05) is 13.1 Å². The van der Waals surface area contributed by atoms with E-state index in [-0.39, 0.29) is 18.6 Å². The molecule has 0 aliphatic heterocycles. The first-order valence-electron chi connectivity index (χ1n) is 5.59. The highest BCUT2D eigenvalue weighted by molar-refractivity contribution is 6.59. The molecule has 19 heavy (non-hydrogen) atoms. The van der Waals surface area contributed by atoms with E-state index in [4.69, 9.17) is 10.0 Å². The third-order valence-corrected chi connectivity index (χ3v) is 2.60. The smallest absolute Gasteiger partial charge is 0.423 e. The number of benzene rings is 1. The predicted molar refractivity (Wildman–Crippen MR) is 63.2 cm³/mol. The van der Waals surface area contributed by atoms with Crippen LogP contribution in [0.1, 0.15) is 12.0 Å². The highest BCUT2D eigenvalue weighted by atomic mass is 19.4. The van der Waals surface area contributed by atoms with E-state index in [1.54, 1.807) is 0 Å². The van der Waals surface area contributed by atoms with Crippen LogP contribution in [0.25, 0.3) is 0 Å². The highest BCUT2D eigenvalue weighted by Crippen LogP contribution is 2.19. The summed E-state index contributed by atoms with van der Waals surface area (Å²) in [6.07, 6.45) is -5.20. The molecule has 0 spiro atoms. The standard InChI is InChI=1S/C11H14BF4NO2/c1-17(5-4-11(14,15)16)7-8-2-3-9(13)6-10(8)12(18)19/h2-3,6,18-19H,4-5,7H2,1H3. The first kappa shape index (κ1) is 15.9. The van der Waals surface area contributed by atoms with Crippen LogP contribution in [-0.2, 0) is 6.54 Å². The molecule has 0 unspecified atom stereocenters. The van der Waals surface area contributed by atoms with Crippen LogP contribution < -0.4 is 5.46 Å². The Morgan fingerprint density at radius 2 is 1.89 bits per heavy atom. The van der Waals surface area contributed by atoms with E-state index in [9.17, 15) is 17.6 Å². The van der Waals surface area contributed by atoms with Gasteiger partial charge in [0.2, 0.25) is 0 Å². The van der Waals surface area contributed by atoms with Crippen molar-refractivity contribution in [1.82, 2.24) is 4.90 Å². The number of hydrogen-bond donors (Lipinski definition) is 2. The van der Waals surface area contributed by atoms with Gasteiger partial charge < -0.3 is 14.9 Å². The molecule has 0 aromatic heterocycles. The number of hydrogen-bond acceptors (Lipinski definition) is 3. The van der Waals surface area contributed by atoms with Crippen LogP contribution >= 0.6 is 0 Å². The van der Waals surface area contributed by atoms with Gasteiger partial charge in [0.05, 0.1) is 6.42 Å². The van der Waals surface area contributed by atoms with Gasteiger partial charge in [-0.1, -0.05) is 6.07 Å². The molecule has 1 aromatic carbocycles. The molecule has 0 atom stereocenters. The Bertz CT molecular complexity index is 426. The summed E-state index contributed by atoms with van der Waals surface area (Å²) >= 11 is 0. The summed E-state index contributed by atoms with van der Waals surface area (Å²) in [5.74, 6) is -0.634. The van der Waals surface area contributed by atoms with Crippen LogP contribution in [0.2, 0.25) is 0 Å². The van der Waals surface area contributed by atoms with E-state index in [1.165, 1.54) is 18.0 Å². The van der Waals surface area contributed by atoms with E-state index < -0.39 is 25.5 Å². The number of rotatable bonds is 5. The second-order valence-corrected chi connectivity index (χ2v) is 4.32. The minimum atomic E-state index is -4.24. The van der Waals surface area contributed by atoms with Gasteiger partial charge in [-0.15, -0.1) is 0 Å². The molecule has 0 amide bonds. The average molecular weight is 279 g/mol. The summed E-state index contributed by atoms with van der Waals surface area (Å²) in [4.78, 5) is 1.38. The molecular weight excluding hydrogens is 265 g/mol. The Morgan fingerprint density at radius 1 is 1.26 bits per heavy atom. The van der Waals surface area contributed by atoms with Gasteiger partial charge in [-0.25, -0.2) is 4.39 Å². The molecule has 0 aliphatic carbocycles. The SMILES string of the molecule is CN(CCC(F)(F)F)Cc1ccc(F)cc1B(O)O. The van der Waals surface area contributed by atoms with E-state index in [2.05, 4.69) is 0 Å². The van der Waals surface area contributed by atoms with Crippen molar-refractivity contribution >= 4 is 12.6 Å². The summed E-state index contributed by atoms with van der Waals surface area (Å²) in [5.41, 5.74) is 0.333. The largest absolute Gasteiger partial charge is 0.488 e. The summed E-state index contributed by atoms with van der Waals surface area (Å²) in [6, 6.07) is 3.41. The minimum absolute atomic E-state index is 0.0427. The van der Waals surface area contributed by atoms with E-state index in [0.717, 1.165) is 12.1 Å². The van der Waals surface area contributed by atoms with Crippen molar-refractivity contribution in [3.8, 4) is 0 Å². The maximum Gasteiger partial charge on any atom is 0.488 e. The van der Waals surface area contributed by atoms with Crippen molar-refractivity contribution in [1.29, 1.82) is 0 Å². The van der Waals surface area contributed by atoms with Gasteiger partial charge in [-0.05, 0) is 30.2 Å². The summed E-state index contributed by atoms with van der Waals surface area (Å²) in [5, 5.41) is 18.2. The Labute approximate surface area is 108 Å². The molecule has 0 bridgehead atoms. The topological polar surface area (TPSA) is 43.7 Å². The molecule has 3 nitrogen and oxygen atoms in total. The lowest BCUT2D eigenvalue weighted by atomic mass is 9.77. The number of nitrogens with zero attached hydrogens (tertiary/aromatic N) is 1. The van der Waals surface area contributed by atoms with Gasteiger partial charge >= 0.3 is 13.3 Å². The number of halogens is 4. The maximum absolute atomic E-state index is 13.0. The quantitative estimate of drug-likeness (QED) is 0.621. The molecule has 0 heterocycles. The molecule has 0 fully saturated rings. The first-order valence-corrected chi connectivity index (χ1v) is 5.59. The lowest BCUT2D eigenvalue weighted by molar-refractivity contribution is -0.137. The van der Waals surface area contributed by atoms with Crippen molar-refractivity contribution in [3.05, 3.63) is 29.6 Å². The van der Waals surface area contributed by atoms with Crippen molar-refractivity contribution in [3.63, 3.8) is 0 Å². The molecule has 8 heteroatoms. The van der Waals surface area contributed by atoms with Crippen LogP contribution in [0, 0.1) is 5.82 Å². The summed E-state index contributed by atoms with van der Waals surface area (Å²) in [6.45, 7) is -0.148. The van der Waals surface area contributed by atoms with Crippen molar-refractivity contribution in [2.24, 2.45) is 0 Å². The lowest BCUT2D eigenvalue weighted by Crippen LogP contribution is -2.36. The normalized spacial score (nSPS) is 12.0. The third kappa shape index (κ3) is 5.58. The fourth-order valence-electron chi connectivity index (χ4n) is 1.64. The maximum atomic E-state index is 13.0. The monoisotopic (exact) mass is 279 g/mol. The average Bonchev–Trinajstić information content (AvgIpc) is 2.28. The third-order valence-electron chi connectivity index (χ3n) is 2.60. The summed E-state index contributed by atoms with van der Waals surface area (Å²) < 4.78 is 49.1. The lowest BCUT2D eigenvalue weighted by Gasteiger charge is -2.19. The molecule has 2 N–H and O–H groups in total. The van der Waals surface area contributed by atoms with Crippen LogP contribution in [0.5, 0.6) is 0 Å². The fraction of sp³-hybridized carbons (Fsp3) is 0.455. The van der Waals surface area contributed by atoms with Gasteiger partial charge in [-0.3, -0.25) is 0 Å². The van der Waals surface area contributed by atoms with Gasteiger partial charge in [0.1, 0.15) is 5.82 Å². The van der Waals surface area contributed by atoms with Crippen LogP contribution in [0.3, 0.4) is 0 Å². The molecule has 106 valence electrons. The Morgan fingerprint density at radius 3 is 2.42 bits per heavy atom. The zero-order valence-corrected chi connectivity index (χ0v) is 10.3. The first-order chi connectivity index (χ1) is 8.69. The van der Waals surface area contributed by atoms with Crippen LogP contribution in [0.4, 0.5) is 17.6 Å². The Kier molecular flexibility index (Phi) is 5.33. The zero-order chi connectivity index (χ0) is 14.6. The van der Waals surface area contributed by atoms with Gasteiger partial charge in [0.25, 0.3) is 0 Å². The Balaban J connectivity index is 2.71. The molecule has 0 aliphatic rings. The van der Waals surface area contributed by atoms with E-state index >= 15 is 0 Å². The summed E-state index contributed by atoms with van der Waals surface area (Å²) in [7, 11) is -0.385. The van der Waals surface area contributed by atoms with Crippen molar-refractivity contribution in [2.75, 3.05) is 13.6 Å². The molecule has 0 radical (unpaired) electrons. The van der Waals surface area contributed by atoms with Crippen LogP contribution in [0.15, 0.2) is 18.2 Å². The molecular formula is C11H14BF4NO2. The van der Waals surface area contributed by atoms with Crippen LogP contribution in [-0.4, -0.2) is 41.8 Å². The minimum Gasteiger partial charge on any atom is -0.423 e. The fourth-order valence-corrected chi connectivity index (χ4v) is 1.64. The zero-order valence-electron chi connectivity index (χ0n) is 10.3. The molecule has 1 rings (SSSR count). The second kappa shape index (κ2) is 6.36. The van der Waals surface area contributed by atoms with Crippen molar-refractivity contribution < 1.29 is 27.6 Å². The van der Waals surface area contributed by atoms with Gasteiger partial charge in [-0.2, -0.15) is 13.2 Å². The second-order valence-electron chi connectivity index (χ2n) is 4.32. The van der Waals surface area contributed by atoms with Gasteiger partial charge in [0.15, 0.2) is 0 Å². The number of alkyl halides is 3. The molecule has 0 saturated heterocycles. The van der Waals surface area contributed by atoms with Crippen molar-refractivity contribution in [2.45, 2.75) is 19.1 Å². The molecule has 1 aromatic rings. The predicted octanol–water partition coefficient (Wildman–Crippen LogP) is 0.890. The van der Waals surface area contributed by atoms with E-state index in [0.29, 0.717) is 5.56 Å². The highest BCUT2D eigenvalue weighted by Gasteiger charge is 2.27. The van der Waals surface area contributed by atoms with E-state index in [1.807, 2.05) is 0 Å². The molecule has 0 saturated carbocycles.